The van der Waals surface area contributed by atoms with Gasteiger partial charge in [-0.2, -0.15) is 4.72 Å². The molecule has 144 valence electrons. The van der Waals surface area contributed by atoms with Crippen molar-refractivity contribution >= 4 is 27.4 Å². The van der Waals surface area contributed by atoms with E-state index in [1.54, 1.807) is 12.1 Å². The van der Waals surface area contributed by atoms with Crippen molar-refractivity contribution in [1.29, 1.82) is 0 Å². The van der Waals surface area contributed by atoms with Crippen LogP contribution in [-0.2, 0) is 14.8 Å². The number of anilines is 2. The molecule has 0 aliphatic carbocycles. The monoisotopic (exact) mass is 392 g/mol. The molecule has 2 aromatic rings. The number of hydrogen-bond donors (Lipinski definition) is 3. The number of benzene rings is 1. The molecule has 1 unspecified atom stereocenters. The fraction of sp³-hybridized carbons (Fsp3) is 0.294. The number of sulfonamides is 1. The van der Waals surface area contributed by atoms with Crippen LogP contribution in [0.3, 0.4) is 0 Å². The minimum absolute atomic E-state index is 0.0134. The number of carbonyl (C=O) groups excluding carboxylic acids is 1. The number of ether oxygens (including phenoxy) is 2. The molecule has 27 heavy (non-hydrogen) atoms. The van der Waals surface area contributed by atoms with Gasteiger partial charge in [-0.15, -0.1) is 0 Å². The van der Waals surface area contributed by atoms with Gasteiger partial charge in [-0.25, -0.2) is 13.4 Å². The SMILES string of the molecule is CC(NS(=O)(=O)c1ccc2c(c1)OCCCO2)C(=O)Nc1ccc(N)nc1. The lowest BCUT2D eigenvalue weighted by atomic mass is 10.3. The summed E-state index contributed by atoms with van der Waals surface area (Å²) in [7, 11) is -3.93. The third-order valence-electron chi connectivity index (χ3n) is 3.81. The maximum atomic E-state index is 12.6. The molecule has 1 aromatic carbocycles. The number of nitrogen functional groups attached to an aromatic ring is 1. The van der Waals surface area contributed by atoms with E-state index in [4.69, 9.17) is 15.2 Å². The van der Waals surface area contributed by atoms with Crippen LogP contribution in [0.4, 0.5) is 11.5 Å². The van der Waals surface area contributed by atoms with Gasteiger partial charge in [0.15, 0.2) is 11.5 Å². The first kappa shape index (κ1) is 18.9. The lowest BCUT2D eigenvalue weighted by molar-refractivity contribution is -0.117. The Bertz CT molecular complexity index is 931. The van der Waals surface area contributed by atoms with Crippen LogP contribution in [0.25, 0.3) is 0 Å². The molecule has 1 amide bonds. The van der Waals surface area contributed by atoms with Gasteiger partial charge in [0, 0.05) is 12.5 Å². The molecular formula is C17H20N4O5S. The summed E-state index contributed by atoms with van der Waals surface area (Å²) in [5.74, 6) is 0.643. The van der Waals surface area contributed by atoms with Crippen molar-refractivity contribution in [3.63, 3.8) is 0 Å². The van der Waals surface area contributed by atoms with Crippen LogP contribution in [0.5, 0.6) is 11.5 Å². The van der Waals surface area contributed by atoms with Crippen LogP contribution < -0.4 is 25.2 Å². The molecule has 10 heteroatoms. The number of nitrogens with one attached hydrogen (secondary N) is 2. The lowest BCUT2D eigenvalue weighted by Gasteiger charge is -2.15. The highest BCUT2D eigenvalue weighted by Gasteiger charge is 2.24. The average Bonchev–Trinajstić information content (AvgIpc) is 2.88. The Hall–Kier alpha value is -2.85. The van der Waals surface area contributed by atoms with Gasteiger partial charge in [0.2, 0.25) is 15.9 Å². The van der Waals surface area contributed by atoms with Crippen LogP contribution in [-0.4, -0.2) is 38.6 Å². The predicted octanol–water partition coefficient (Wildman–Crippen LogP) is 1.13. The fourth-order valence-corrected chi connectivity index (χ4v) is 3.61. The highest BCUT2D eigenvalue weighted by molar-refractivity contribution is 7.89. The highest BCUT2D eigenvalue weighted by Crippen LogP contribution is 2.31. The third kappa shape index (κ3) is 4.66. The number of fused-ring (bicyclic) bond motifs is 1. The summed E-state index contributed by atoms with van der Waals surface area (Å²) in [6.07, 6.45) is 2.10. The molecular weight excluding hydrogens is 372 g/mol. The second kappa shape index (κ2) is 7.80. The lowest BCUT2D eigenvalue weighted by Crippen LogP contribution is -2.41. The molecule has 0 bridgehead atoms. The Morgan fingerprint density at radius 3 is 2.63 bits per heavy atom. The maximum Gasteiger partial charge on any atom is 0.242 e. The van der Waals surface area contributed by atoms with Crippen LogP contribution >= 0.6 is 0 Å². The van der Waals surface area contributed by atoms with Crippen molar-refractivity contribution < 1.29 is 22.7 Å². The molecule has 3 rings (SSSR count). The molecule has 4 N–H and O–H groups in total. The van der Waals surface area contributed by atoms with Crippen molar-refractivity contribution in [1.82, 2.24) is 9.71 Å². The molecule has 1 aliphatic heterocycles. The van der Waals surface area contributed by atoms with Crippen molar-refractivity contribution in [3.05, 3.63) is 36.5 Å². The number of rotatable bonds is 5. The molecule has 0 saturated carbocycles. The number of nitrogens with two attached hydrogens (primary N) is 1. The first-order valence-electron chi connectivity index (χ1n) is 8.29. The molecule has 9 nitrogen and oxygen atoms in total. The van der Waals surface area contributed by atoms with E-state index in [1.165, 1.54) is 31.3 Å². The molecule has 0 spiro atoms. The first-order chi connectivity index (χ1) is 12.8. The van der Waals surface area contributed by atoms with Crippen molar-refractivity contribution in [2.45, 2.75) is 24.3 Å². The van der Waals surface area contributed by atoms with E-state index in [1.807, 2.05) is 0 Å². The zero-order valence-electron chi connectivity index (χ0n) is 14.6. The summed E-state index contributed by atoms with van der Waals surface area (Å²) in [5, 5.41) is 2.57. The Morgan fingerprint density at radius 2 is 1.93 bits per heavy atom. The zero-order valence-corrected chi connectivity index (χ0v) is 15.5. The van der Waals surface area contributed by atoms with Gasteiger partial charge in [0.25, 0.3) is 0 Å². The summed E-state index contributed by atoms with van der Waals surface area (Å²) < 4.78 is 38.5. The molecule has 1 aliphatic rings. The summed E-state index contributed by atoms with van der Waals surface area (Å²) >= 11 is 0. The summed E-state index contributed by atoms with van der Waals surface area (Å²) in [4.78, 5) is 16.1. The number of pyridine rings is 1. The molecule has 0 fully saturated rings. The fourth-order valence-electron chi connectivity index (χ4n) is 2.39. The van der Waals surface area contributed by atoms with Crippen molar-refractivity contribution in [2.24, 2.45) is 0 Å². The Kier molecular flexibility index (Phi) is 5.47. The average molecular weight is 392 g/mol. The number of amides is 1. The van der Waals surface area contributed by atoms with E-state index in [2.05, 4.69) is 15.0 Å². The van der Waals surface area contributed by atoms with Crippen LogP contribution in [0.1, 0.15) is 13.3 Å². The number of nitrogens with zero attached hydrogens (tertiary/aromatic N) is 1. The maximum absolute atomic E-state index is 12.6. The van der Waals surface area contributed by atoms with Crippen molar-refractivity contribution in [3.8, 4) is 11.5 Å². The van der Waals surface area contributed by atoms with Crippen LogP contribution in [0.15, 0.2) is 41.4 Å². The Labute approximate surface area is 156 Å². The third-order valence-corrected chi connectivity index (χ3v) is 5.35. The minimum atomic E-state index is -3.93. The van der Waals surface area contributed by atoms with Gasteiger partial charge in [-0.3, -0.25) is 4.79 Å². The first-order valence-corrected chi connectivity index (χ1v) is 9.78. The predicted molar refractivity (Wildman–Crippen MR) is 99.1 cm³/mol. The molecule has 0 radical (unpaired) electrons. The minimum Gasteiger partial charge on any atom is -0.490 e. The largest absolute Gasteiger partial charge is 0.490 e. The van der Waals surface area contributed by atoms with Gasteiger partial charge >= 0.3 is 0 Å². The van der Waals surface area contributed by atoms with Gasteiger partial charge in [-0.05, 0) is 31.2 Å². The van der Waals surface area contributed by atoms with Gasteiger partial charge < -0.3 is 20.5 Å². The molecule has 2 heterocycles. The number of carbonyl (C=O) groups is 1. The second-order valence-corrected chi connectivity index (χ2v) is 7.68. The van der Waals surface area contributed by atoms with E-state index in [0.717, 1.165) is 0 Å². The summed E-state index contributed by atoms with van der Waals surface area (Å²) in [5.41, 5.74) is 5.90. The quantitative estimate of drug-likeness (QED) is 0.695. The van der Waals surface area contributed by atoms with E-state index >= 15 is 0 Å². The van der Waals surface area contributed by atoms with E-state index in [-0.39, 0.29) is 4.90 Å². The van der Waals surface area contributed by atoms with Crippen molar-refractivity contribution in [2.75, 3.05) is 24.3 Å². The van der Waals surface area contributed by atoms with E-state index < -0.39 is 22.0 Å². The standard InChI is InChI=1S/C17H20N4O5S/c1-11(17(22)20-12-3-6-16(18)19-10-12)21-27(23,24)13-4-5-14-15(9-13)26-8-2-7-25-14/h3-6,9-11,21H,2,7-8H2,1H3,(H2,18,19)(H,20,22). The Balaban J connectivity index is 1.70. The smallest absolute Gasteiger partial charge is 0.242 e. The van der Waals surface area contributed by atoms with Crippen LogP contribution in [0.2, 0.25) is 0 Å². The summed E-state index contributed by atoms with van der Waals surface area (Å²) in [6.45, 7) is 2.40. The molecule has 1 atom stereocenters. The number of aromatic nitrogens is 1. The molecule has 0 saturated heterocycles. The number of hydrogen-bond acceptors (Lipinski definition) is 7. The van der Waals surface area contributed by atoms with Gasteiger partial charge in [0.1, 0.15) is 5.82 Å². The molecule has 1 aromatic heterocycles. The van der Waals surface area contributed by atoms with E-state index in [0.29, 0.717) is 42.6 Å². The van der Waals surface area contributed by atoms with E-state index in [9.17, 15) is 13.2 Å². The van der Waals surface area contributed by atoms with Gasteiger partial charge in [0.05, 0.1) is 36.0 Å². The zero-order chi connectivity index (χ0) is 19.4. The van der Waals surface area contributed by atoms with Gasteiger partial charge in [-0.1, -0.05) is 0 Å². The second-order valence-electron chi connectivity index (χ2n) is 5.96. The summed E-state index contributed by atoms with van der Waals surface area (Å²) in [6, 6.07) is 6.43. The normalized spacial score (nSPS) is 14.9. The highest BCUT2D eigenvalue weighted by atomic mass is 32.2. The topological polar surface area (TPSA) is 133 Å². The Morgan fingerprint density at radius 1 is 1.19 bits per heavy atom. The van der Waals surface area contributed by atoms with Crippen LogP contribution in [0, 0.1) is 0 Å².